The lowest BCUT2D eigenvalue weighted by Gasteiger charge is -2.28. The number of halogens is 1. The van der Waals surface area contributed by atoms with Crippen LogP contribution >= 0.6 is 18.7 Å². The van der Waals surface area contributed by atoms with Crippen molar-refractivity contribution in [3.63, 3.8) is 0 Å². The van der Waals surface area contributed by atoms with Crippen LogP contribution < -0.4 is 5.32 Å². The lowest BCUT2D eigenvalue weighted by Crippen LogP contribution is -2.30. The number of alkyl carbamates (subject to hydrolysis) is 1. The monoisotopic (exact) mass is 407 g/mol. The highest BCUT2D eigenvalue weighted by molar-refractivity contribution is 7.64. The van der Waals surface area contributed by atoms with E-state index in [9.17, 15) is 9.36 Å². The summed E-state index contributed by atoms with van der Waals surface area (Å²) in [5.74, 6) is -0.598. The van der Waals surface area contributed by atoms with Crippen molar-refractivity contribution in [2.45, 2.75) is 39.1 Å². The zero-order chi connectivity index (χ0) is 19.7. The van der Waals surface area contributed by atoms with E-state index >= 15 is 0 Å². The molecule has 2 rings (SSSR count). The number of rotatable bonds is 9. The predicted molar refractivity (Wildman–Crippen MR) is 112 cm³/mol. The Labute approximate surface area is 166 Å². The first-order valence-electron chi connectivity index (χ1n) is 9.29. The number of carbonyl (C=O) groups is 1. The number of benzene rings is 2. The van der Waals surface area contributed by atoms with E-state index in [1.165, 1.54) is 0 Å². The highest BCUT2D eigenvalue weighted by Gasteiger charge is 2.34. The summed E-state index contributed by atoms with van der Waals surface area (Å²) < 4.78 is 19.1. The lowest BCUT2D eigenvalue weighted by molar-refractivity contribution is 0.138. The smallest absolute Gasteiger partial charge is 0.408 e. The first-order chi connectivity index (χ1) is 13.0. The quantitative estimate of drug-likeness (QED) is 0.486. The highest BCUT2D eigenvalue weighted by atomic mass is 35.5. The van der Waals surface area contributed by atoms with E-state index in [1.807, 2.05) is 56.3 Å². The van der Waals surface area contributed by atoms with Gasteiger partial charge < -0.3 is 14.6 Å². The predicted octanol–water partition coefficient (Wildman–Crippen LogP) is 6.45. The Morgan fingerprint density at radius 2 is 1.74 bits per heavy atom. The maximum absolute atomic E-state index is 13.7. The minimum Gasteiger partial charge on any atom is -0.445 e. The Bertz CT molecular complexity index is 772. The van der Waals surface area contributed by atoms with Crippen molar-refractivity contribution in [2.75, 3.05) is 12.3 Å². The molecule has 0 aliphatic rings. The summed E-state index contributed by atoms with van der Waals surface area (Å²) in [4.78, 5) is 12.5. The molecule has 0 saturated heterocycles. The third kappa shape index (κ3) is 6.41. The molecule has 6 heteroatoms. The summed E-state index contributed by atoms with van der Waals surface area (Å²) in [6.45, 7) is 4.18. The topological polar surface area (TPSA) is 55.4 Å². The molecular weight excluding hydrogens is 381 g/mol. The minimum absolute atomic E-state index is 0.167. The molecule has 146 valence electrons. The highest BCUT2D eigenvalue weighted by Crippen LogP contribution is 2.58. The van der Waals surface area contributed by atoms with Gasteiger partial charge in [0.15, 0.2) is 0 Å². The van der Waals surface area contributed by atoms with Gasteiger partial charge in [-0.1, -0.05) is 67.9 Å². The fraction of sp³-hybridized carbons (Fsp3) is 0.381. The molecular formula is C21H27ClNO3P. The van der Waals surface area contributed by atoms with Gasteiger partial charge >= 0.3 is 6.09 Å². The molecule has 1 amide bonds. The zero-order valence-electron chi connectivity index (χ0n) is 15.9. The second-order valence-corrected chi connectivity index (χ2v) is 10.3. The van der Waals surface area contributed by atoms with Gasteiger partial charge in [0.25, 0.3) is 0 Å². The van der Waals surface area contributed by atoms with Crippen LogP contribution in [-0.4, -0.2) is 18.4 Å². The van der Waals surface area contributed by atoms with Crippen LogP contribution in [0.1, 0.15) is 43.6 Å². The SMILES string of the molecule is CCCP(=O)(CCC)C(NC(=O)OCc1ccccc1)c1cccc(Cl)c1. The van der Waals surface area contributed by atoms with Crippen molar-refractivity contribution in [3.05, 3.63) is 70.7 Å². The molecule has 0 radical (unpaired) electrons. The molecule has 0 saturated carbocycles. The van der Waals surface area contributed by atoms with Crippen LogP contribution in [0, 0.1) is 0 Å². The zero-order valence-corrected chi connectivity index (χ0v) is 17.5. The maximum atomic E-state index is 13.7. The Morgan fingerprint density at radius 3 is 2.33 bits per heavy atom. The molecule has 4 nitrogen and oxygen atoms in total. The van der Waals surface area contributed by atoms with E-state index in [1.54, 1.807) is 12.1 Å². The number of carbonyl (C=O) groups excluding carboxylic acids is 1. The third-order valence-corrected chi connectivity index (χ3v) is 8.32. The number of hydrogen-bond acceptors (Lipinski definition) is 3. The summed E-state index contributed by atoms with van der Waals surface area (Å²) >= 11 is 6.14. The van der Waals surface area contributed by atoms with Gasteiger partial charge in [-0.25, -0.2) is 4.79 Å². The van der Waals surface area contributed by atoms with Gasteiger partial charge in [0, 0.05) is 17.3 Å². The van der Waals surface area contributed by atoms with Gasteiger partial charge in [-0.2, -0.15) is 0 Å². The fourth-order valence-corrected chi connectivity index (χ4v) is 6.65. The number of ether oxygens (including phenoxy) is 1. The van der Waals surface area contributed by atoms with Crippen LogP contribution in [-0.2, 0) is 15.9 Å². The second-order valence-electron chi connectivity index (χ2n) is 6.56. The maximum Gasteiger partial charge on any atom is 0.408 e. The Balaban J connectivity index is 2.21. The molecule has 2 aromatic rings. The van der Waals surface area contributed by atoms with Crippen molar-refractivity contribution in [1.29, 1.82) is 0 Å². The van der Waals surface area contributed by atoms with E-state index in [4.69, 9.17) is 16.3 Å². The summed E-state index contributed by atoms with van der Waals surface area (Å²) in [5, 5.41) is 3.41. The molecule has 0 heterocycles. The van der Waals surface area contributed by atoms with Crippen molar-refractivity contribution in [3.8, 4) is 0 Å². The molecule has 2 aromatic carbocycles. The molecule has 0 aliphatic carbocycles. The first kappa shape index (κ1) is 21.5. The number of nitrogens with one attached hydrogen (secondary N) is 1. The number of hydrogen-bond donors (Lipinski definition) is 1. The Kier molecular flexibility index (Phi) is 8.40. The van der Waals surface area contributed by atoms with E-state index in [2.05, 4.69) is 5.32 Å². The lowest BCUT2D eigenvalue weighted by atomic mass is 10.2. The Hall–Kier alpha value is -1.77. The Morgan fingerprint density at radius 1 is 1.07 bits per heavy atom. The summed E-state index contributed by atoms with van der Waals surface area (Å²) in [6.07, 6.45) is 2.13. The second kappa shape index (κ2) is 10.5. The van der Waals surface area contributed by atoms with Gasteiger partial charge in [0.1, 0.15) is 19.5 Å². The molecule has 0 bridgehead atoms. The molecule has 0 spiro atoms. The molecule has 27 heavy (non-hydrogen) atoms. The third-order valence-electron chi connectivity index (χ3n) is 4.31. The van der Waals surface area contributed by atoms with Gasteiger partial charge in [-0.05, 0) is 36.1 Å². The van der Waals surface area contributed by atoms with Gasteiger partial charge in [0.05, 0.1) is 0 Å². The minimum atomic E-state index is -2.69. The van der Waals surface area contributed by atoms with Crippen LogP contribution in [0.2, 0.25) is 5.02 Å². The molecule has 1 N–H and O–H groups in total. The van der Waals surface area contributed by atoms with Crippen molar-refractivity contribution in [2.24, 2.45) is 0 Å². The van der Waals surface area contributed by atoms with Crippen LogP contribution in [0.25, 0.3) is 0 Å². The van der Waals surface area contributed by atoms with E-state index in [-0.39, 0.29) is 6.61 Å². The van der Waals surface area contributed by atoms with Crippen LogP contribution in [0.15, 0.2) is 54.6 Å². The average molecular weight is 408 g/mol. The number of amides is 1. The largest absolute Gasteiger partial charge is 0.445 e. The molecule has 1 unspecified atom stereocenters. The molecule has 1 atom stereocenters. The molecule has 0 fully saturated rings. The van der Waals surface area contributed by atoms with Crippen LogP contribution in [0.3, 0.4) is 0 Å². The van der Waals surface area contributed by atoms with Crippen molar-refractivity contribution in [1.82, 2.24) is 5.32 Å². The van der Waals surface area contributed by atoms with Gasteiger partial charge in [-0.3, -0.25) is 0 Å². The van der Waals surface area contributed by atoms with Gasteiger partial charge in [0.2, 0.25) is 0 Å². The molecule has 0 aliphatic heterocycles. The summed E-state index contributed by atoms with van der Waals surface area (Å²) in [7, 11) is -2.69. The fourth-order valence-electron chi connectivity index (χ4n) is 3.15. The first-order valence-corrected chi connectivity index (χ1v) is 11.8. The van der Waals surface area contributed by atoms with Crippen LogP contribution in [0.5, 0.6) is 0 Å². The normalized spacial score (nSPS) is 12.4. The standard InChI is InChI=1S/C21H27ClNO3P/c1-3-13-27(25,14-4-2)20(18-11-8-12-19(22)15-18)23-21(24)26-16-17-9-6-5-7-10-17/h5-12,15,20H,3-4,13-14,16H2,1-2H3,(H,23,24). The average Bonchev–Trinajstić information content (AvgIpc) is 2.65. The summed E-state index contributed by atoms with van der Waals surface area (Å²) in [6, 6.07) is 16.7. The van der Waals surface area contributed by atoms with E-state index in [0.29, 0.717) is 17.3 Å². The molecule has 0 aromatic heterocycles. The van der Waals surface area contributed by atoms with E-state index < -0.39 is 19.0 Å². The van der Waals surface area contributed by atoms with E-state index in [0.717, 1.165) is 24.0 Å². The summed E-state index contributed by atoms with van der Waals surface area (Å²) in [5.41, 5.74) is 1.65. The van der Waals surface area contributed by atoms with Crippen molar-refractivity contribution < 1.29 is 14.1 Å². The van der Waals surface area contributed by atoms with Gasteiger partial charge in [-0.15, -0.1) is 0 Å². The van der Waals surface area contributed by atoms with Crippen molar-refractivity contribution >= 4 is 24.8 Å². The van der Waals surface area contributed by atoms with Crippen LogP contribution in [0.4, 0.5) is 4.79 Å².